The highest BCUT2D eigenvalue weighted by Crippen LogP contribution is 2.29. The maximum Gasteiger partial charge on any atom is 0.323 e. The van der Waals surface area contributed by atoms with Crippen molar-refractivity contribution in [1.82, 2.24) is 9.97 Å². The Hall–Kier alpha value is -2.74. The Balaban J connectivity index is 1.74. The van der Waals surface area contributed by atoms with E-state index >= 15 is 0 Å². The summed E-state index contributed by atoms with van der Waals surface area (Å²) in [5.41, 5.74) is 1.44. The van der Waals surface area contributed by atoms with Gasteiger partial charge in [0.2, 0.25) is 9.84 Å². The monoisotopic (exact) mass is 316 g/mol. The van der Waals surface area contributed by atoms with Gasteiger partial charge in [-0.1, -0.05) is 6.07 Å². The zero-order chi connectivity index (χ0) is 15.7. The predicted molar refractivity (Wildman–Crippen MR) is 82.1 cm³/mol. The first-order chi connectivity index (χ1) is 10.4. The van der Waals surface area contributed by atoms with Gasteiger partial charge >= 0.3 is 6.03 Å². The van der Waals surface area contributed by atoms with Crippen LogP contribution < -0.4 is 10.6 Å². The summed E-state index contributed by atoms with van der Waals surface area (Å²) in [5, 5.41) is 6.28. The molecule has 2 aromatic rings. The molecular weight excluding hydrogens is 304 g/mol. The number of hydrogen-bond acceptors (Lipinski definition) is 5. The van der Waals surface area contributed by atoms with E-state index in [2.05, 4.69) is 20.6 Å². The lowest BCUT2D eigenvalue weighted by Gasteiger charge is -2.08. The summed E-state index contributed by atoms with van der Waals surface area (Å²) in [7, 11) is -3.40. The SMILES string of the molecule is Cc1ncc(NC(=O)Nc2ccc3c(c2)S(=O)(=O)C=C3)cn1. The van der Waals surface area contributed by atoms with Crippen LogP contribution in [0.1, 0.15) is 11.4 Å². The maximum absolute atomic E-state index is 11.9. The van der Waals surface area contributed by atoms with Crippen molar-refractivity contribution < 1.29 is 13.2 Å². The topological polar surface area (TPSA) is 101 Å². The second-order valence-corrected chi connectivity index (χ2v) is 6.50. The molecule has 22 heavy (non-hydrogen) atoms. The lowest BCUT2D eigenvalue weighted by atomic mass is 10.2. The number of fused-ring (bicyclic) bond motifs is 1. The molecule has 7 nitrogen and oxygen atoms in total. The average Bonchev–Trinajstić information content (AvgIpc) is 2.77. The minimum atomic E-state index is -3.40. The summed E-state index contributed by atoms with van der Waals surface area (Å²) in [6.07, 6.45) is 4.50. The van der Waals surface area contributed by atoms with Gasteiger partial charge in [0.25, 0.3) is 0 Å². The van der Waals surface area contributed by atoms with Crippen LogP contribution in [-0.2, 0) is 9.84 Å². The van der Waals surface area contributed by atoms with Crippen LogP contribution in [0.25, 0.3) is 6.08 Å². The van der Waals surface area contributed by atoms with Crippen LogP contribution in [0.2, 0.25) is 0 Å². The fourth-order valence-corrected chi connectivity index (χ4v) is 3.21. The average molecular weight is 316 g/mol. The van der Waals surface area contributed by atoms with Gasteiger partial charge in [0.05, 0.1) is 23.0 Å². The van der Waals surface area contributed by atoms with Gasteiger partial charge in [0.15, 0.2) is 0 Å². The first kappa shape index (κ1) is 14.2. The van der Waals surface area contributed by atoms with Crippen molar-refractivity contribution in [2.75, 3.05) is 10.6 Å². The Morgan fingerprint density at radius 2 is 1.77 bits per heavy atom. The number of hydrogen-bond donors (Lipinski definition) is 2. The smallest absolute Gasteiger partial charge is 0.308 e. The fraction of sp³-hybridized carbons (Fsp3) is 0.0714. The van der Waals surface area contributed by atoms with Gasteiger partial charge in [-0.05, 0) is 30.7 Å². The van der Waals surface area contributed by atoms with Crippen LogP contribution >= 0.6 is 0 Å². The molecule has 0 fully saturated rings. The highest BCUT2D eigenvalue weighted by molar-refractivity contribution is 7.94. The Kier molecular flexibility index (Phi) is 3.38. The minimum Gasteiger partial charge on any atom is -0.308 e. The highest BCUT2D eigenvalue weighted by Gasteiger charge is 2.21. The molecule has 112 valence electrons. The molecule has 0 atom stereocenters. The quantitative estimate of drug-likeness (QED) is 0.884. The van der Waals surface area contributed by atoms with E-state index in [1.165, 1.54) is 24.5 Å². The second-order valence-electron chi connectivity index (χ2n) is 4.70. The zero-order valence-corrected chi connectivity index (χ0v) is 12.4. The van der Waals surface area contributed by atoms with Gasteiger partial charge in [0.1, 0.15) is 5.82 Å². The molecule has 2 amide bonds. The maximum atomic E-state index is 11.9. The number of benzene rings is 1. The van der Waals surface area contributed by atoms with Gasteiger partial charge in [0, 0.05) is 11.1 Å². The summed E-state index contributed by atoms with van der Waals surface area (Å²) in [4.78, 5) is 20.0. The number of urea groups is 1. The largest absolute Gasteiger partial charge is 0.323 e. The second kappa shape index (κ2) is 5.23. The third-order valence-corrected chi connectivity index (χ3v) is 4.50. The molecule has 0 radical (unpaired) electrons. The van der Waals surface area contributed by atoms with Gasteiger partial charge < -0.3 is 10.6 Å². The number of sulfone groups is 1. The number of rotatable bonds is 2. The Morgan fingerprint density at radius 1 is 1.09 bits per heavy atom. The Labute approximate surface area is 127 Å². The van der Waals surface area contributed by atoms with Crippen molar-refractivity contribution >= 4 is 33.3 Å². The molecule has 0 bridgehead atoms. The van der Waals surface area contributed by atoms with Crippen molar-refractivity contribution in [3.63, 3.8) is 0 Å². The molecule has 1 aromatic carbocycles. The first-order valence-electron chi connectivity index (χ1n) is 6.38. The van der Waals surface area contributed by atoms with Crippen LogP contribution in [0.15, 0.2) is 40.9 Å². The molecule has 1 aliphatic rings. The van der Waals surface area contributed by atoms with E-state index < -0.39 is 15.9 Å². The number of aromatic nitrogens is 2. The number of anilines is 2. The molecule has 1 aliphatic heterocycles. The van der Waals surface area contributed by atoms with E-state index in [4.69, 9.17) is 0 Å². The minimum absolute atomic E-state index is 0.184. The van der Waals surface area contributed by atoms with Crippen molar-refractivity contribution in [3.05, 3.63) is 47.4 Å². The molecule has 2 N–H and O–H groups in total. The van der Waals surface area contributed by atoms with Gasteiger partial charge in [-0.15, -0.1) is 0 Å². The molecule has 8 heteroatoms. The van der Waals surface area contributed by atoms with Crippen molar-refractivity contribution in [2.45, 2.75) is 11.8 Å². The summed E-state index contributed by atoms with van der Waals surface area (Å²) in [6, 6.07) is 4.20. The van der Waals surface area contributed by atoms with Crippen molar-refractivity contribution in [2.24, 2.45) is 0 Å². The van der Waals surface area contributed by atoms with Crippen LogP contribution in [0.3, 0.4) is 0 Å². The summed E-state index contributed by atoms with van der Waals surface area (Å²) in [6.45, 7) is 1.74. The molecule has 0 unspecified atom stereocenters. The number of carbonyl (C=O) groups is 1. The molecule has 2 heterocycles. The van der Waals surface area contributed by atoms with E-state index in [9.17, 15) is 13.2 Å². The number of nitrogens with one attached hydrogen (secondary N) is 2. The van der Waals surface area contributed by atoms with Gasteiger partial charge in [-0.2, -0.15) is 0 Å². The van der Waals surface area contributed by atoms with E-state index in [0.29, 0.717) is 22.8 Å². The summed E-state index contributed by atoms with van der Waals surface area (Å²) >= 11 is 0. The number of nitrogens with zero attached hydrogens (tertiary/aromatic N) is 2. The Morgan fingerprint density at radius 3 is 2.50 bits per heavy atom. The molecule has 3 rings (SSSR count). The third-order valence-electron chi connectivity index (χ3n) is 3.04. The van der Waals surface area contributed by atoms with Gasteiger partial charge in [-0.3, -0.25) is 0 Å². The van der Waals surface area contributed by atoms with Crippen LogP contribution in [0, 0.1) is 6.92 Å². The lowest BCUT2D eigenvalue weighted by molar-refractivity contribution is 0.262. The number of carbonyl (C=O) groups excluding carboxylic acids is 1. The first-order valence-corrected chi connectivity index (χ1v) is 7.92. The number of aryl methyl sites for hydroxylation is 1. The van der Waals surface area contributed by atoms with Crippen LogP contribution in [0.4, 0.5) is 16.2 Å². The van der Waals surface area contributed by atoms with Crippen LogP contribution in [-0.4, -0.2) is 24.4 Å². The molecule has 0 saturated heterocycles. The van der Waals surface area contributed by atoms with E-state index in [1.54, 1.807) is 19.1 Å². The third kappa shape index (κ3) is 2.82. The number of amides is 2. The summed E-state index contributed by atoms with van der Waals surface area (Å²) in [5.74, 6) is 0.599. The van der Waals surface area contributed by atoms with E-state index in [0.717, 1.165) is 5.41 Å². The van der Waals surface area contributed by atoms with Crippen LogP contribution in [0.5, 0.6) is 0 Å². The normalized spacial score (nSPS) is 14.4. The molecule has 0 spiro atoms. The molecular formula is C14H12N4O3S. The van der Waals surface area contributed by atoms with Gasteiger partial charge in [-0.25, -0.2) is 23.2 Å². The fourth-order valence-electron chi connectivity index (χ4n) is 1.98. The molecule has 1 aromatic heterocycles. The predicted octanol–water partition coefficient (Wildman–Crippen LogP) is 2.19. The van der Waals surface area contributed by atoms with E-state index in [1.807, 2.05) is 0 Å². The highest BCUT2D eigenvalue weighted by atomic mass is 32.2. The zero-order valence-electron chi connectivity index (χ0n) is 11.6. The molecule has 0 saturated carbocycles. The van der Waals surface area contributed by atoms with Crippen molar-refractivity contribution in [1.29, 1.82) is 0 Å². The Bertz CT molecular complexity index is 873. The standard InChI is InChI=1S/C14H12N4O3S/c1-9-15-7-12(8-16-9)18-14(19)17-11-3-2-10-4-5-22(20,21)13(10)6-11/h2-8H,1H3,(H2,17,18,19). The molecule has 0 aliphatic carbocycles. The van der Waals surface area contributed by atoms with Crippen molar-refractivity contribution in [3.8, 4) is 0 Å². The van der Waals surface area contributed by atoms with E-state index in [-0.39, 0.29) is 4.90 Å². The summed E-state index contributed by atoms with van der Waals surface area (Å²) < 4.78 is 23.6. The lowest BCUT2D eigenvalue weighted by Crippen LogP contribution is -2.19.